The molecule has 0 aliphatic heterocycles. The fourth-order valence-electron chi connectivity index (χ4n) is 2.56. The van der Waals surface area contributed by atoms with Crippen LogP contribution >= 0.6 is 0 Å². The highest BCUT2D eigenvalue weighted by Crippen LogP contribution is 2.15. The first kappa shape index (κ1) is 16.1. The van der Waals surface area contributed by atoms with E-state index in [2.05, 4.69) is 35.2 Å². The van der Waals surface area contributed by atoms with Gasteiger partial charge in [-0.2, -0.15) is 0 Å². The molecule has 0 atom stereocenters. The fourth-order valence-corrected chi connectivity index (χ4v) is 2.56. The lowest BCUT2D eigenvalue weighted by molar-refractivity contribution is 0.0785. The molecule has 0 heterocycles. The molecule has 0 fully saturated rings. The number of hydrogen-bond acceptors (Lipinski definition) is 2. The van der Waals surface area contributed by atoms with Gasteiger partial charge in [-0.3, -0.25) is 4.79 Å². The molecule has 2 aromatic carbocycles. The van der Waals surface area contributed by atoms with Crippen LogP contribution in [0, 0.1) is 13.8 Å². The van der Waals surface area contributed by atoms with Crippen molar-refractivity contribution in [2.24, 2.45) is 0 Å². The smallest absolute Gasteiger partial charge is 0.253 e. The topological polar surface area (TPSA) is 23.6 Å². The number of benzene rings is 2. The summed E-state index contributed by atoms with van der Waals surface area (Å²) in [5, 5.41) is 0. The molecule has 2 aromatic rings. The van der Waals surface area contributed by atoms with Gasteiger partial charge in [-0.05, 0) is 43.7 Å². The van der Waals surface area contributed by atoms with E-state index in [0.29, 0.717) is 6.54 Å². The molecule has 0 N–H and O–H groups in total. The van der Waals surface area contributed by atoms with Crippen LogP contribution in [0.1, 0.15) is 27.0 Å². The molecule has 2 rings (SSSR count). The Morgan fingerprint density at radius 3 is 1.95 bits per heavy atom. The highest BCUT2D eigenvalue weighted by Gasteiger charge is 2.13. The lowest BCUT2D eigenvalue weighted by Gasteiger charge is -2.19. The van der Waals surface area contributed by atoms with Crippen LogP contribution in [-0.2, 0) is 6.54 Å². The second-order valence-corrected chi connectivity index (χ2v) is 6.10. The van der Waals surface area contributed by atoms with Crippen LogP contribution in [0.15, 0.2) is 42.5 Å². The maximum Gasteiger partial charge on any atom is 0.253 e. The first-order valence-corrected chi connectivity index (χ1v) is 7.47. The summed E-state index contributed by atoms with van der Waals surface area (Å²) in [5.74, 6) is 0.0588. The maximum absolute atomic E-state index is 12.5. The first-order valence-electron chi connectivity index (χ1n) is 7.47. The van der Waals surface area contributed by atoms with Crippen LogP contribution in [0.3, 0.4) is 0 Å². The minimum absolute atomic E-state index is 0.0588. The molecule has 0 aliphatic carbocycles. The van der Waals surface area contributed by atoms with Crippen LogP contribution < -0.4 is 4.90 Å². The molecule has 0 bridgehead atoms. The van der Waals surface area contributed by atoms with E-state index in [0.717, 1.165) is 27.9 Å². The Morgan fingerprint density at radius 1 is 0.909 bits per heavy atom. The number of amides is 1. The number of carbonyl (C=O) groups excluding carboxylic acids is 1. The molecule has 116 valence electrons. The zero-order valence-electron chi connectivity index (χ0n) is 14.1. The molecular weight excluding hydrogens is 272 g/mol. The van der Waals surface area contributed by atoms with Crippen molar-refractivity contribution in [2.45, 2.75) is 20.4 Å². The van der Waals surface area contributed by atoms with Gasteiger partial charge in [0.2, 0.25) is 0 Å². The lowest BCUT2D eigenvalue weighted by Crippen LogP contribution is -2.26. The van der Waals surface area contributed by atoms with Gasteiger partial charge in [-0.25, -0.2) is 0 Å². The minimum Gasteiger partial charge on any atom is -0.378 e. The summed E-state index contributed by atoms with van der Waals surface area (Å²) in [5.41, 5.74) is 5.28. The van der Waals surface area contributed by atoms with Crippen molar-refractivity contribution < 1.29 is 4.79 Å². The first-order chi connectivity index (χ1) is 10.4. The third kappa shape index (κ3) is 3.88. The monoisotopic (exact) mass is 296 g/mol. The lowest BCUT2D eigenvalue weighted by atomic mass is 10.1. The van der Waals surface area contributed by atoms with Crippen LogP contribution in [0.5, 0.6) is 0 Å². The van der Waals surface area contributed by atoms with E-state index in [-0.39, 0.29) is 5.91 Å². The molecular formula is C19H24N2O. The van der Waals surface area contributed by atoms with Gasteiger partial charge in [0.05, 0.1) is 0 Å². The standard InChI is InChI=1S/C19H24N2O/c1-14-10-15(2)12-17(11-14)19(22)21(5)13-16-6-8-18(9-7-16)20(3)4/h6-12H,13H2,1-5H3. The number of nitrogens with zero attached hydrogens (tertiary/aromatic N) is 2. The zero-order chi connectivity index (χ0) is 16.3. The van der Waals surface area contributed by atoms with Crippen molar-refractivity contribution in [3.8, 4) is 0 Å². The van der Waals surface area contributed by atoms with Gasteiger partial charge in [0.15, 0.2) is 0 Å². The molecule has 0 unspecified atom stereocenters. The summed E-state index contributed by atoms with van der Waals surface area (Å²) in [4.78, 5) is 16.4. The third-order valence-corrected chi connectivity index (χ3v) is 3.69. The van der Waals surface area contributed by atoms with Crippen molar-refractivity contribution in [3.63, 3.8) is 0 Å². The van der Waals surface area contributed by atoms with Gasteiger partial charge in [0.25, 0.3) is 5.91 Å². The van der Waals surface area contributed by atoms with E-state index in [1.807, 2.05) is 47.1 Å². The van der Waals surface area contributed by atoms with Gasteiger partial charge in [0, 0.05) is 38.9 Å². The molecule has 22 heavy (non-hydrogen) atoms. The van der Waals surface area contributed by atoms with E-state index < -0.39 is 0 Å². The van der Waals surface area contributed by atoms with Gasteiger partial charge in [-0.15, -0.1) is 0 Å². The SMILES string of the molecule is Cc1cc(C)cc(C(=O)N(C)Cc2ccc(N(C)C)cc2)c1. The average Bonchev–Trinajstić information content (AvgIpc) is 2.46. The second-order valence-electron chi connectivity index (χ2n) is 6.10. The number of rotatable bonds is 4. The molecule has 0 saturated heterocycles. The number of carbonyl (C=O) groups is 1. The van der Waals surface area contributed by atoms with Gasteiger partial charge in [0.1, 0.15) is 0 Å². The van der Waals surface area contributed by atoms with Crippen molar-refractivity contribution in [1.82, 2.24) is 4.90 Å². The molecule has 0 aromatic heterocycles. The Kier molecular flexibility index (Phi) is 4.86. The Balaban J connectivity index is 2.10. The second kappa shape index (κ2) is 6.65. The highest BCUT2D eigenvalue weighted by molar-refractivity contribution is 5.94. The summed E-state index contributed by atoms with van der Waals surface area (Å²) >= 11 is 0. The normalized spacial score (nSPS) is 10.4. The van der Waals surface area contributed by atoms with Gasteiger partial charge in [-0.1, -0.05) is 29.3 Å². The van der Waals surface area contributed by atoms with Crippen LogP contribution in [0.2, 0.25) is 0 Å². The molecule has 1 amide bonds. The van der Waals surface area contributed by atoms with Crippen LogP contribution in [0.4, 0.5) is 5.69 Å². The Hall–Kier alpha value is -2.29. The van der Waals surface area contributed by atoms with Gasteiger partial charge < -0.3 is 9.80 Å². The summed E-state index contributed by atoms with van der Waals surface area (Å²) in [6.45, 7) is 4.65. The van der Waals surface area contributed by atoms with Crippen LogP contribution in [-0.4, -0.2) is 32.0 Å². The Bertz CT molecular complexity index is 639. The van der Waals surface area contributed by atoms with Crippen molar-refractivity contribution in [1.29, 1.82) is 0 Å². The summed E-state index contributed by atoms with van der Waals surface area (Å²) in [7, 11) is 5.88. The highest BCUT2D eigenvalue weighted by atomic mass is 16.2. The predicted octanol–water partition coefficient (Wildman–Crippen LogP) is 3.64. The van der Waals surface area contributed by atoms with E-state index in [1.54, 1.807) is 4.90 Å². The quantitative estimate of drug-likeness (QED) is 0.860. The van der Waals surface area contributed by atoms with Crippen molar-refractivity contribution in [2.75, 3.05) is 26.0 Å². The van der Waals surface area contributed by atoms with E-state index >= 15 is 0 Å². The number of aryl methyl sites for hydroxylation is 2. The summed E-state index contributed by atoms with van der Waals surface area (Å²) < 4.78 is 0. The average molecular weight is 296 g/mol. The predicted molar refractivity (Wildman–Crippen MR) is 92.5 cm³/mol. The largest absolute Gasteiger partial charge is 0.378 e. The number of anilines is 1. The zero-order valence-corrected chi connectivity index (χ0v) is 14.1. The molecule has 0 aliphatic rings. The molecule has 0 radical (unpaired) electrons. The van der Waals surface area contributed by atoms with E-state index in [4.69, 9.17) is 0 Å². The van der Waals surface area contributed by atoms with Crippen LogP contribution in [0.25, 0.3) is 0 Å². The Morgan fingerprint density at radius 2 is 1.45 bits per heavy atom. The Labute approximate surface area is 133 Å². The maximum atomic E-state index is 12.5. The summed E-state index contributed by atoms with van der Waals surface area (Å²) in [6.07, 6.45) is 0. The fraction of sp³-hybridized carbons (Fsp3) is 0.316. The van der Waals surface area contributed by atoms with E-state index in [1.165, 1.54) is 0 Å². The third-order valence-electron chi connectivity index (χ3n) is 3.69. The molecule has 3 nitrogen and oxygen atoms in total. The van der Waals surface area contributed by atoms with Gasteiger partial charge >= 0.3 is 0 Å². The van der Waals surface area contributed by atoms with Crippen molar-refractivity contribution in [3.05, 3.63) is 64.7 Å². The number of hydrogen-bond donors (Lipinski definition) is 0. The van der Waals surface area contributed by atoms with Crippen molar-refractivity contribution >= 4 is 11.6 Å². The summed E-state index contributed by atoms with van der Waals surface area (Å²) in [6, 6.07) is 14.3. The molecule has 3 heteroatoms. The van der Waals surface area contributed by atoms with E-state index in [9.17, 15) is 4.79 Å². The molecule has 0 saturated carbocycles. The molecule has 0 spiro atoms. The minimum atomic E-state index is 0.0588.